The van der Waals surface area contributed by atoms with Gasteiger partial charge in [-0.15, -0.1) is 0 Å². The molecule has 6 nitrogen and oxygen atoms in total. The van der Waals surface area contributed by atoms with Crippen LogP contribution in [0, 0.1) is 11.3 Å². The molecule has 0 spiro atoms. The van der Waals surface area contributed by atoms with Crippen molar-refractivity contribution in [3.05, 3.63) is 48.0 Å². The zero-order valence-corrected chi connectivity index (χ0v) is 14.5. The van der Waals surface area contributed by atoms with Gasteiger partial charge in [-0.1, -0.05) is 0 Å². The minimum atomic E-state index is -0.460. The number of amides is 1. The lowest BCUT2D eigenvalue weighted by Gasteiger charge is -2.17. The van der Waals surface area contributed by atoms with E-state index in [9.17, 15) is 4.79 Å². The number of ether oxygens (including phenoxy) is 2. The lowest BCUT2D eigenvalue weighted by atomic mass is 10.2. The number of carbonyl (C=O) groups is 1. The van der Waals surface area contributed by atoms with Crippen LogP contribution in [0.3, 0.4) is 0 Å². The molecule has 0 aliphatic carbocycles. The third-order valence-electron chi connectivity index (χ3n) is 3.52. The first-order valence-corrected chi connectivity index (χ1v) is 7.95. The summed E-state index contributed by atoms with van der Waals surface area (Å²) in [7, 11) is 1.57. The van der Waals surface area contributed by atoms with Gasteiger partial charge in [0.15, 0.2) is 11.5 Å². The van der Waals surface area contributed by atoms with E-state index in [1.807, 2.05) is 19.1 Å². The van der Waals surface area contributed by atoms with Gasteiger partial charge >= 0.3 is 0 Å². The molecule has 0 radical (unpaired) electrons. The van der Waals surface area contributed by atoms with Gasteiger partial charge in [0.2, 0.25) is 5.91 Å². The summed E-state index contributed by atoms with van der Waals surface area (Å²) < 4.78 is 10.8. The summed E-state index contributed by atoms with van der Waals surface area (Å²) in [4.78, 5) is 12.3. The van der Waals surface area contributed by atoms with Gasteiger partial charge in [-0.25, -0.2) is 0 Å². The summed E-state index contributed by atoms with van der Waals surface area (Å²) in [6.45, 7) is 4.22. The SMILES string of the molecule is CCOc1ccc(N[C@H](C)C(=O)Nc2ccc(C#N)cc2)cc1OC. The number of nitrogens with one attached hydrogen (secondary N) is 2. The van der Waals surface area contributed by atoms with Crippen LogP contribution in [0.4, 0.5) is 11.4 Å². The van der Waals surface area contributed by atoms with Crippen LogP contribution < -0.4 is 20.1 Å². The Labute approximate surface area is 147 Å². The standard InChI is InChI=1S/C19H21N3O3/c1-4-25-17-10-9-16(11-18(17)24-3)21-13(2)19(23)22-15-7-5-14(12-20)6-8-15/h5-11,13,21H,4H2,1-3H3,(H,22,23)/t13-/m1/s1. The van der Waals surface area contributed by atoms with Crippen LogP contribution in [0.2, 0.25) is 0 Å². The number of carbonyl (C=O) groups excluding carboxylic acids is 1. The molecular formula is C19H21N3O3. The lowest BCUT2D eigenvalue weighted by Crippen LogP contribution is -2.31. The van der Waals surface area contributed by atoms with Crippen LogP contribution in [0.25, 0.3) is 0 Å². The molecule has 0 bridgehead atoms. The van der Waals surface area contributed by atoms with E-state index in [4.69, 9.17) is 14.7 Å². The summed E-state index contributed by atoms with van der Waals surface area (Å²) in [6.07, 6.45) is 0. The molecule has 25 heavy (non-hydrogen) atoms. The molecule has 1 atom stereocenters. The molecule has 6 heteroatoms. The van der Waals surface area contributed by atoms with E-state index in [0.717, 1.165) is 5.69 Å². The highest BCUT2D eigenvalue weighted by Crippen LogP contribution is 2.30. The van der Waals surface area contributed by atoms with E-state index in [1.165, 1.54) is 0 Å². The van der Waals surface area contributed by atoms with Crippen LogP contribution in [0.5, 0.6) is 11.5 Å². The van der Waals surface area contributed by atoms with Crippen molar-refractivity contribution in [3.8, 4) is 17.6 Å². The van der Waals surface area contributed by atoms with Crippen molar-refractivity contribution < 1.29 is 14.3 Å². The molecule has 0 aliphatic heterocycles. The Balaban J connectivity index is 2.01. The molecule has 2 N–H and O–H groups in total. The fourth-order valence-corrected chi connectivity index (χ4v) is 2.23. The maximum Gasteiger partial charge on any atom is 0.246 e. The molecule has 0 fully saturated rings. The van der Waals surface area contributed by atoms with Crippen molar-refractivity contribution in [2.75, 3.05) is 24.4 Å². The number of methoxy groups -OCH3 is 1. The molecule has 1 amide bonds. The molecule has 0 aromatic heterocycles. The number of anilines is 2. The van der Waals surface area contributed by atoms with Crippen molar-refractivity contribution in [1.29, 1.82) is 5.26 Å². The topological polar surface area (TPSA) is 83.4 Å². The summed E-state index contributed by atoms with van der Waals surface area (Å²) in [5, 5.41) is 14.7. The number of nitriles is 1. The van der Waals surface area contributed by atoms with Gasteiger partial charge in [0.25, 0.3) is 0 Å². The van der Waals surface area contributed by atoms with E-state index in [2.05, 4.69) is 10.6 Å². The zero-order valence-electron chi connectivity index (χ0n) is 14.5. The molecule has 0 heterocycles. The van der Waals surface area contributed by atoms with Gasteiger partial charge in [-0.05, 0) is 50.2 Å². The maximum atomic E-state index is 12.3. The highest BCUT2D eigenvalue weighted by atomic mass is 16.5. The summed E-state index contributed by atoms with van der Waals surface area (Å²) in [5.41, 5.74) is 1.94. The normalized spacial score (nSPS) is 11.1. The first-order chi connectivity index (χ1) is 12.1. The Kier molecular flexibility index (Phi) is 6.24. The van der Waals surface area contributed by atoms with Crippen molar-refractivity contribution in [2.24, 2.45) is 0 Å². The van der Waals surface area contributed by atoms with Crippen LogP contribution in [-0.2, 0) is 4.79 Å². The predicted molar refractivity (Wildman–Crippen MR) is 97.0 cm³/mol. The van der Waals surface area contributed by atoms with Crippen LogP contribution in [0.1, 0.15) is 19.4 Å². The average Bonchev–Trinajstić information content (AvgIpc) is 2.63. The average molecular weight is 339 g/mol. The van der Waals surface area contributed by atoms with E-state index >= 15 is 0 Å². The van der Waals surface area contributed by atoms with Crippen LogP contribution in [-0.4, -0.2) is 25.7 Å². The number of hydrogen-bond donors (Lipinski definition) is 2. The highest BCUT2D eigenvalue weighted by molar-refractivity contribution is 5.96. The van der Waals surface area contributed by atoms with E-state index in [-0.39, 0.29) is 5.91 Å². The summed E-state index contributed by atoms with van der Waals surface area (Å²) >= 11 is 0. The molecule has 2 aromatic rings. The van der Waals surface area contributed by atoms with Gasteiger partial charge in [0.05, 0.1) is 25.3 Å². The number of nitrogens with zero attached hydrogens (tertiary/aromatic N) is 1. The van der Waals surface area contributed by atoms with E-state index < -0.39 is 6.04 Å². The maximum absolute atomic E-state index is 12.3. The van der Waals surface area contributed by atoms with Gasteiger partial charge < -0.3 is 20.1 Å². The third kappa shape index (κ3) is 4.88. The van der Waals surface area contributed by atoms with Crippen LogP contribution in [0.15, 0.2) is 42.5 Å². The first-order valence-electron chi connectivity index (χ1n) is 7.95. The van der Waals surface area contributed by atoms with Gasteiger partial charge in [-0.3, -0.25) is 4.79 Å². The largest absolute Gasteiger partial charge is 0.493 e. The Morgan fingerprint density at radius 1 is 1.16 bits per heavy atom. The fourth-order valence-electron chi connectivity index (χ4n) is 2.23. The number of rotatable bonds is 7. The Morgan fingerprint density at radius 3 is 2.44 bits per heavy atom. The molecule has 2 rings (SSSR count). The zero-order chi connectivity index (χ0) is 18.2. The number of benzene rings is 2. The van der Waals surface area contributed by atoms with E-state index in [1.54, 1.807) is 50.4 Å². The molecule has 0 saturated heterocycles. The van der Waals surface area contributed by atoms with Crippen molar-refractivity contribution in [3.63, 3.8) is 0 Å². The van der Waals surface area contributed by atoms with Gasteiger partial charge in [-0.2, -0.15) is 5.26 Å². The highest BCUT2D eigenvalue weighted by Gasteiger charge is 2.14. The second-order valence-corrected chi connectivity index (χ2v) is 5.34. The molecule has 0 unspecified atom stereocenters. The van der Waals surface area contributed by atoms with Crippen LogP contribution >= 0.6 is 0 Å². The smallest absolute Gasteiger partial charge is 0.246 e. The molecule has 130 valence electrons. The van der Waals surface area contributed by atoms with Crippen molar-refractivity contribution in [1.82, 2.24) is 0 Å². The fraction of sp³-hybridized carbons (Fsp3) is 0.263. The third-order valence-corrected chi connectivity index (χ3v) is 3.52. The Hall–Kier alpha value is -3.20. The lowest BCUT2D eigenvalue weighted by molar-refractivity contribution is -0.116. The summed E-state index contributed by atoms with van der Waals surface area (Å²) in [6, 6.07) is 13.7. The Morgan fingerprint density at radius 2 is 1.84 bits per heavy atom. The molecule has 2 aromatic carbocycles. The van der Waals surface area contributed by atoms with Gasteiger partial charge in [0.1, 0.15) is 6.04 Å². The summed E-state index contributed by atoms with van der Waals surface area (Å²) in [5.74, 6) is 1.08. The minimum absolute atomic E-state index is 0.183. The second-order valence-electron chi connectivity index (χ2n) is 5.34. The van der Waals surface area contributed by atoms with Crippen molar-refractivity contribution >= 4 is 17.3 Å². The number of hydrogen-bond acceptors (Lipinski definition) is 5. The second kappa shape index (κ2) is 8.60. The quantitative estimate of drug-likeness (QED) is 0.808. The first kappa shape index (κ1) is 18.1. The predicted octanol–water partition coefficient (Wildman–Crippen LogP) is 3.40. The monoisotopic (exact) mass is 339 g/mol. The molecular weight excluding hydrogens is 318 g/mol. The molecule has 0 saturated carbocycles. The van der Waals surface area contributed by atoms with Crippen molar-refractivity contribution in [2.45, 2.75) is 19.9 Å². The van der Waals surface area contributed by atoms with E-state index in [0.29, 0.717) is 29.4 Å². The van der Waals surface area contributed by atoms with Gasteiger partial charge in [0, 0.05) is 17.4 Å². The Bertz CT molecular complexity index is 766. The minimum Gasteiger partial charge on any atom is -0.493 e. The molecule has 0 aliphatic rings.